The summed E-state index contributed by atoms with van der Waals surface area (Å²) in [5.41, 5.74) is 0.0615. The van der Waals surface area contributed by atoms with Crippen LogP contribution in [0.25, 0.3) is 0 Å². The minimum absolute atomic E-state index is 0.0341. The summed E-state index contributed by atoms with van der Waals surface area (Å²) in [4.78, 5) is 25.3. The van der Waals surface area contributed by atoms with Crippen LogP contribution in [-0.2, 0) is 10.0 Å². The number of Topliss-reactive ketones (excluding diaryl/α,β-unsaturated/α-hetero) is 1. The van der Waals surface area contributed by atoms with E-state index < -0.39 is 16.1 Å². The van der Waals surface area contributed by atoms with E-state index in [1.165, 1.54) is 50.3 Å². The molecule has 0 fully saturated rings. The SMILES string of the molecule is CCCCCCCCCCCC(=O)c1cc(Cl)ccc1S(=O)(=O)N(CCC)C(=O)NCCC. The number of carbonyl (C=O) groups is 2. The van der Waals surface area contributed by atoms with Crippen LogP contribution >= 0.6 is 11.6 Å². The Hall–Kier alpha value is -1.60. The molecule has 0 radical (unpaired) electrons. The molecule has 0 aromatic heterocycles. The molecule has 1 N–H and O–H groups in total. The van der Waals surface area contributed by atoms with Gasteiger partial charge in [-0.3, -0.25) is 4.79 Å². The maximum atomic E-state index is 13.4. The largest absolute Gasteiger partial charge is 0.337 e. The molecular formula is C25H41ClN2O4S. The first-order valence-corrected chi connectivity index (χ1v) is 14.2. The van der Waals surface area contributed by atoms with Crippen LogP contribution in [0.5, 0.6) is 0 Å². The molecule has 0 aliphatic heterocycles. The number of unbranched alkanes of at least 4 members (excludes halogenated alkanes) is 8. The predicted molar refractivity (Wildman–Crippen MR) is 135 cm³/mol. The highest BCUT2D eigenvalue weighted by Crippen LogP contribution is 2.26. The van der Waals surface area contributed by atoms with Crippen LogP contribution in [0.3, 0.4) is 0 Å². The molecule has 0 unspecified atom stereocenters. The Balaban J connectivity index is 2.86. The first-order chi connectivity index (χ1) is 15.8. The highest BCUT2D eigenvalue weighted by Gasteiger charge is 2.32. The van der Waals surface area contributed by atoms with E-state index in [4.69, 9.17) is 11.6 Å². The van der Waals surface area contributed by atoms with Crippen LogP contribution < -0.4 is 5.32 Å². The summed E-state index contributed by atoms with van der Waals surface area (Å²) >= 11 is 6.10. The lowest BCUT2D eigenvalue weighted by Crippen LogP contribution is -2.44. The Labute approximate surface area is 205 Å². The zero-order valence-electron chi connectivity index (χ0n) is 20.5. The Morgan fingerprint density at radius 3 is 2.06 bits per heavy atom. The van der Waals surface area contributed by atoms with E-state index in [0.717, 1.165) is 23.6 Å². The number of carbonyl (C=O) groups excluding carboxylic acids is 2. The van der Waals surface area contributed by atoms with Crippen molar-refractivity contribution >= 4 is 33.4 Å². The summed E-state index contributed by atoms with van der Waals surface area (Å²) in [5, 5.41) is 2.91. The molecule has 0 bridgehead atoms. The van der Waals surface area contributed by atoms with Crippen molar-refractivity contribution in [2.45, 2.75) is 103 Å². The predicted octanol–water partition coefficient (Wildman–Crippen LogP) is 6.96. The van der Waals surface area contributed by atoms with Gasteiger partial charge in [0.15, 0.2) is 5.78 Å². The normalized spacial score (nSPS) is 11.4. The van der Waals surface area contributed by atoms with Gasteiger partial charge in [0.1, 0.15) is 0 Å². The van der Waals surface area contributed by atoms with E-state index in [-0.39, 0.29) is 29.2 Å². The van der Waals surface area contributed by atoms with Crippen molar-refractivity contribution in [3.8, 4) is 0 Å². The second-order valence-electron chi connectivity index (χ2n) is 8.45. The summed E-state index contributed by atoms with van der Waals surface area (Å²) in [6.45, 7) is 6.30. The summed E-state index contributed by atoms with van der Waals surface area (Å²) < 4.78 is 27.5. The number of sulfonamides is 1. The van der Waals surface area contributed by atoms with Gasteiger partial charge >= 0.3 is 6.03 Å². The fourth-order valence-electron chi connectivity index (χ4n) is 3.65. The highest BCUT2D eigenvalue weighted by molar-refractivity contribution is 7.89. The van der Waals surface area contributed by atoms with Crippen molar-refractivity contribution in [3.63, 3.8) is 0 Å². The molecule has 8 heteroatoms. The van der Waals surface area contributed by atoms with Gasteiger partial charge in [0.05, 0.1) is 4.90 Å². The Morgan fingerprint density at radius 2 is 1.48 bits per heavy atom. The fraction of sp³-hybridized carbons (Fsp3) is 0.680. The lowest BCUT2D eigenvalue weighted by molar-refractivity contribution is 0.0975. The van der Waals surface area contributed by atoms with Gasteiger partial charge in [-0.05, 0) is 37.5 Å². The van der Waals surface area contributed by atoms with E-state index in [1.807, 2.05) is 6.92 Å². The van der Waals surface area contributed by atoms with Crippen LogP contribution in [0.15, 0.2) is 23.1 Å². The second-order valence-corrected chi connectivity index (χ2v) is 10.7. The minimum Gasteiger partial charge on any atom is -0.337 e. The van der Waals surface area contributed by atoms with Gasteiger partial charge < -0.3 is 5.32 Å². The molecule has 188 valence electrons. The van der Waals surface area contributed by atoms with Crippen LogP contribution in [0.1, 0.15) is 108 Å². The Kier molecular flexibility index (Phi) is 14.4. The molecule has 1 aromatic rings. The van der Waals surface area contributed by atoms with Gasteiger partial charge in [-0.2, -0.15) is 0 Å². The number of amides is 2. The number of benzene rings is 1. The zero-order chi connectivity index (χ0) is 24.7. The van der Waals surface area contributed by atoms with Crippen molar-refractivity contribution in [1.82, 2.24) is 9.62 Å². The molecule has 0 aliphatic rings. The third kappa shape index (κ3) is 10.0. The quantitative estimate of drug-likeness (QED) is 0.185. The van der Waals surface area contributed by atoms with Gasteiger partial charge in [-0.15, -0.1) is 0 Å². The lowest BCUT2D eigenvalue weighted by atomic mass is 10.0. The Bertz CT molecular complexity index is 843. The van der Waals surface area contributed by atoms with Gasteiger partial charge in [0, 0.05) is 30.1 Å². The summed E-state index contributed by atoms with van der Waals surface area (Å²) in [7, 11) is -4.19. The molecule has 0 atom stereocenters. The van der Waals surface area contributed by atoms with Crippen molar-refractivity contribution in [1.29, 1.82) is 0 Å². The van der Waals surface area contributed by atoms with E-state index >= 15 is 0 Å². The van der Waals surface area contributed by atoms with Gasteiger partial charge in [-0.25, -0.2) is 17.5 Å². The third-order valence-corrected chi connectivity index (χ3v) is 7.57. The first kappa shape index (κ1) is 29.4. The maximum Gasteiger partial charge on any atom is 0.331 e. The van der Waals surface area contributed by atoms with Crippen LogP contribution in [0.4, 0.5) is 4.79 Å². The average Bonchev–Trinajstić information content (AvgIpc) is 2.79. The lowest BCUT2D eigenvalue weighted by Gasteiger charge is -2.23. The molecule has 0 saturated heterocycles. The topological polar surface area (TPSA) is 83.6 Å². The third-order valence-electron chi connectivity index (χ3n) is 5.50. The molecule has 1 rings (SSSR count). The fourth-order valence-corrected chi connectivity index (χ4v) is 5.45. The maximum absolute atomic E-state index is 13.4. The van der Waals surface area contributed by atoms with Crippen molar-refractivity contribution in [2.75, 3.05) is 13.1 Å². The number of nitrogens with one attached hydrogen (secondary N) is 1. The van der Waals surface area contributed by atoms with E-state index in [1.54, 1.807) is 6.92 Å². The van der Waals surface area contributed by atoms with Crippen LogP contribution in [0.2, 0.25) is 5.02 Å². The second kappa shape index (κ2) is 16.1. The average molecular weight is 501 g/mol. The standard InChI is InChI=1S/C25H41ClN2O4S/c1-4-7-8-9-10-11-12-13-14-15-23(29)22-20-21(26)16-17-24(22)33(31,32)28(19-6-3)25(30)27-18-5-2/h16-17,20H,4-15,18-19H2,1-3H3,(H,27,30). The van der Waals surface area contributed by atoms with Crippen molar-refractivity contribution in [2.24, 2.45) is 0 Å². The molecule has 0 heterocycles. The molecule has 0 aliphatic carbocycles. The first-order valence-electron chi connectivity index (χ1n) is 12.4. The molecule has 0 saturated carbocycles. The van der Waals surface area contributed by atoms with Crippen LogP contribution in [-0.4, -0.2) is 37.6 Å². The summed E-state index contributed by atoms with van der Waals surface area (Å²) in [6.07, 6.45) is 11.6. The van der Waals surface area contributed by atoms with Crippen molar-refractivity contribution in [3.05, 3.63) is 28.8 Å². The molecule has 2 amide bonds. The number of rotatable bonds is 17. The van der Waals surface area contributed by atoms with Gasteiger partial charge in [0.25, 0.3) is 10.0 Å². The van der Waals surface area contributed by atoms with Gasteiger partial charge in [0.2, 0.25) is 0 Å². The van der Waals surface area contributed by atoms with Crippen LogP contribution in [0, 0.1) is 0 Å². The number of ketones is 1. The number of halogens is 1. The smallest absolute Gasteiger partial charge is 0.331 e. The van der Waals surface area contributed by atoms with E-state index in [0.29, 0.717) is 30.8 Å². The Morgan fingerprint density at radius 1 is 0.879 bits per heavy atom. The van der Waals surface area contributed by atoms with Gasteiger partial charge in [-0.1, -0.05) is 83.7 Å². The minimum atomic E-state index is -4.19. The molecule has 6 nitrogen and oxygen atoms in total. The monoisotopic (exact) mass is 500 g/mol. The van der Waals surface area contributed by atoms with E-state index in [2.05, 4.69) is 12.2 Å². The molecule has 1 aromatic carbocycles. The zero-order valence-corrected chi connectivity index (χ0v) is 22.1. The highest BCUT2D eigenvalue weighted by atomic mass is 35.5. The van der Waals surface area contributed by atoms with E-state index in [9.17, 15) is 18.0 Å². The summed E-state index contributed by atoms with van der Waals surface area (Å²) in [6, 6.07) is 3.50. The molecule has 33 heavy (non-hydrogen) atoms. The number of urea groups is 1. The summed E-state index contributed by atoms with van der Waals surface area (Å²) in [5.74, 6) is -0.260. The van der Waals surface area contributed by atoms with Crippen molar-refractivity contribution < 1.29 is 18.0 Å². The number of nitrogens with zero attached hydrogens (tertiary/aromatic N) is 1. The number of hydrogen-bond acceptors (Lipinski definition) is 4. The number of hydrogen-bond donors (Lipinski definition) is 1. The molecule has 0 spiro atoms. The molecular weight excluding hydrogens is 460 g/mol.